The molecule has 0 bridgehead atoms. The van der Waals surface area contributed by atoms with Crippen LogP contribution in [0.2, 0.25) is 15.1 Å². The summed E-state index contributed by atoms with van der Waals surface area (Å²) in [6, 6.07) is 14.0. The van der Waals surface area contributed by atoms with Gasteiger partial charge in [0, 0.05) is 10.0 Å². The van der Waals surface area contributed by atoms with Crippen LogP contribution in [0, 0.1) is 17.2 Å². The first-order valence-electron chi connectivity index (χ1n) is 10.5. The second-order valence-electron chi connectivity index (χ2n) is 8.37. The Morgan fingerprint density at radius 1 is 1.09 bits per heavy atom. The van der Waals surface area contributed by atoms with E-state index in [1.165, 1.54) is 0 Å². The topological polar surface area (TPSA) is 68.5 Å². The molecule has 33 heavy (non-hydrogen) atoms. The second kappa shape index (κ2) is 10.8. The number of benzene rings is 2. The van der Waals surface area contributed by atoms with E-state index in [9.17, 15) is 10.1 Å². The highest BCUT2D eigenvalue weighted by molar-refractivity contribution is 6.41. The van der Waals surface area contributed by atoms with Crippen molar-refractivity contribution in [1.82, 2.24) is 5.43 Å². The van der Waals surface area contributed by atoms with Crippen molar-refractivity contribution in [2.45, 2.75) is 25.3 Å². The molecular formula is C23H23Cl3IN5O. The number of likely N-dealkylation sites (tertiary alicyclic amines) is 1. The third kappa shape index (κ3) is 5.57. The monoisotopic (exact) mass is 617 g/mol. The molecule has 1 fully saturated rings. The Morgan fingerprint density at radius 3 is 2.33 bits per heavy atom. The Bertz CT molecular complexity index is 1100. The molecule has 4 rings (SSSR count). The third-order valence-corrected chi connectivity index (χ3v) is 6.79. The smallest absolute Gasteiger partial charge is 0.313 e. The number of anilines is 1. The minimum Gasteiger partial charge on any atom is -1.00 e. The summed E-state index contributed by atoms with van der Waals surface area (Å²) in [7, 11) is 2.00. The molecule has 0 aromatic heterocycles. The van der Waals surface area contributed by atoms with E-state index >= 15 is 0 Å². The number of carbonyl (C=O) groups is 1. The number of halogens is 4. The number of nitrogens with one attached hydrogen (secondary N) is 1. The van der Waals surface area contributed by atoms with Crippen LogP contribution in [0.5, 0.6) is 0 Å². The summed E-state index contributed by atoms with van der Waals surface area (Å²) >= 11 is 18.6. The number of carbonyl (C=O) groups excluding carboxylic acids is 1. The number of nitriles is 1. The molecule has 0 radical (unpaired) electrons. The van der Waals surface area contributed by atoms with E-state index in [1.54, 1.807) is 35.3 Å². The molecule has 2 aromatic rings. The highest BCUT2D eigenvalue weighted by Crippen LogP contribution is 2.42. The van der Waals surface area contributed by atoms with E-state index in [0.29, 0.717) is 25.3 Å². The maximum Gasteiger partial charge on any atom is 0.313 e. The maximum absolute atomic E-state index is 13.3. The molecule has 1 amide bonds. The number of hydrogen-bond acceptors (Lipinski definition) is 4. The van der Waals surface area contributed by atoms with Crippen LogP contribution in [0.25, 0.3) is 0 Å². The van der Waals surface area contributed by atoms with Crippen molar-refractivity contribution in [2.75, 3.05) is 25.1 Å². The zero-order valence-corrected chi connectivity index (χ0v) is 22.4. The minimum absolute atomic E-state index is 0. The van der Waals surface area contributed by atoms with Gasteiger partial charge < -0.3 is 24.0 Å². The predicted octanol–water partition coefficient (Wildman–Crippen LogP) is 2.37. The van der Waals surface area contributed by atoms with Gasteiger partial charge in [-0.3, -0.25) is 9.80 Å². The van der Waals surface area contributed by atoms with Gasteiger partial charge in [-0.15, -0.1) is 0 Å². The summed E-state index contributed by atoms with van der Waals surface area (Å²) in [4.78, 5) is 13.3. The van der Waals surface area contributed by atoms with E-state index in [2.05, 4.69) is 16.6 Å². The molecule has 1 N–H and O–H groups in total. The van der Waals surface area contributed by atoms with E-state index in [1.807, 2.05) is 19.2 Å². The molecule has 1 saturated heterocycles. The number of quaternary nitrogens is 1. The van der Waals surface area contributed by atoms with Crippen molar-refractivity contribution < 1.29 is 33.4 Å². The molecule has 6 nitrogen and oxygen atoms in total. The average molecular weight is 619 g/mol. The van der Waals surface area contributed by atoms with Gasteiger partial charge in [-0.05, 0) is 55.2 Å². The normalized spacial score (nSPS) is 21.5. The lowest BCUT2D eigenvalue weighted by atomic mass is 9.90. The zero-order valence-electron chi connectivity index (χ0n) is 17.9. The van der Waals surface area contributed by atoms with Gasteiger partial charge >= 0.3 is 5.91 Å². The number of nitrogens with zero attached hydrogens (tertiary/aromatic N) is 4. The van der Waals surface area contributed by atoms with Crippen molar-refractivity contribution in [1.29, 1.82) is 5.26 Å². The molecule has 0 spiro atoms. The van der Waals surface area contributed by atoms with Gasteiger partial charge in [-0.2, -0.15) is 15.8 Å². The van der Waals surface area contributed by atoms with E-state index < -0.39 is 12.0 Å². The van der Waals surface area contributed by atoms with Crippen LogP contribution < -0.4 is 34.4 Å². The van der Waals surface area contributed by atoms with Crippen molar-refractivity contribution in [2.24, 2.45) is 11.0 Å². The van der Waals surface area contributed by atoms with Crippen LogP contribution in [0.15, 0.2) is 47.6 Å². The fraction of sp³-hybridized carbons (Fsp3) is 0.348. The molecular weight excluding hydrogens is 596 g/mol. The summed E-state index contributed by atoms with van der Waals surface area (Å²) in [5, 5.41) is 17.8. The first-order valence-corrected chi connectivity index (χ1v) is 11.6. The molecule has 2 aliphatic heterocycles. The van der Waals surface area contributed by atoms with Gasteiger partial charge in [-0.1, -0.05) is 46.9 Å². The molecule has 2 aromatic carbocycles. The third-order valence-electron chi connectivity index (χ3n) is 6.00. The van der Waals surface area contributed by atoms with Crippen LogP contribution in [0.4, 0.5) is 5.69 Å². The Morgan fingerprint density at radius 2 is 1.73 bits per heavy atom. The lowest BCUT2D eigenvalue weighted by molar-refractivity contribution is -0.947. The van der Waals surface area contributed by atoms with Crippen LogP contribution in [0.1, 0.15) is 30.9 Å². The van der Waals surface area contributed by atoms with Gasteiger partial charge in [-0.25, -0.2) is 4.59 Å². The van der Waals surface area contributed by atoms with Crippen molar-refractivity contribution in [3.63, 3.8) is 0 Å². The van der Waals surface area contributed by atoms with Crippen molar-refractivity contribution in [3.05, 3.63) is 63.1 Å². The molecule has 174 valence electrons. The Hall–Kier alpha value is -1.57. The Labute approximate surface area is 225 Å². The largest absolute Gasteiger partial charge is 1.00 e. The number of hydrogen-bond donors (Lipinski definition) is 1. The zero-order chi connectivity index (χ0) is 22.9. The first kappa shape index (κ1) is 26.0. The van der Waals surface area contributed by atoms with Crippen LogP contribution in [-0.4, -0.2) is 36.3 Å². The van der Waals surface area contributed by atoms with Gasteiger partial charge in [0.05, 0.1) is 29.9 Å². The standard InChI is InChI=1S/C23H22Cl3N5O.HI/c1-31(11-3-2-4-12-31)29-23(32)21-18(14-27)22(15-5-7-16(24)8-6-15)30(28-21)20-10-9-17(25)13-19(20)26;/h5-10,13,18,22H,2-4,11-12H2,1H3;1H. The number of rotatable bonds is 4. The van der Waals surface area contributed by atoms with Gasteiger partial charge in [0.2, 0.25) is 0 Å². The van der Waals surface area contributed by atoms with Crippen LogP contribution >= 0.6 is 34.8 Å². The summed E-state index contributed by atoms with van der Waals surface area (Å²) in [6.45, 7) is 1.70. The summed E-state index contributed by atoms with van der Waals surface area (Å²) in [5.41, 5.74) is 4.63. The van der Waals surface area contributed by atoms with Crippen LogP contribution in [0.3, 0.4) is 0 Å². The lowest BCUT2D eigenvalue weighted by Gasteiger charge is -2.36. The second-order valence-corrected chi connectivity index (χ2v) is 9.65. The summed E-state index contributed by atoms with van der Waals surface area (Å²) < 4.78 is 0.434. The molecule has 2 aliphatic rings. The van der Waals surface area contributed by atoms with Gasteiger partial charge in [0.15, 0.2) is 0 Å². The Balaban J connectivity index is 0.00000306. The number of hydrazone groups is 1. The highest BCUT2D eigenvalue weighted by atomic mass is 127. The van der Waals surface area contributed by atoms with Crippen LogP contribution in [-0.2, 0) is 4.79 Å². The minimum atomic E-state index is -0.792. The van der Waals surface area contributed by atoms with Gasteiger partial charge in [0.1, 0.15) is 24.7 Å². The number of piperidine rings is 1. The first-order chi connectivity index (χ1) is 15.3. The Kier molecular flexibility index (Phi) is 8.51. The SMILES string of the molecule is C[N+]1(NC(=O)C2=NN(c3ccc(Cl)cc3Cl)C(c3ccc(Cl)cc3)C2C#N)CCCCC1.[I-]. The molecule has 10 heteroatoms. The molecule has 0 saturated carbocycles. The summed E-state index contributed by atoms with van der Waals surface area (Å²) in [6.07, 6.45) is 3.25. The van der Waals surface area contributed by atoms with E-state index in [0.717, 1.165) is 37.9 Å². The van der Waals surface area contributed by atoms with Crippen molar-refractivity contribution in [3.8, 4) is 6.07 Å². The maximum atomic E-state index is 13.3. The van der Waals surface area contributed by atoms with Crippen molar-refractivity contribution >= 4 is 52.1 Å². The molecule has 0 aliphatic carbocycles. The average Bonchev–Trinajstić information content (AvgIpc) is 3.14. The predicted molar refractivity (Wildman–Crippen MR) is 128 cm³/mol. The summed E-state index contributed by atoms with van der Waals surface area (Å²) in [5.74, 6) is -1.13. The molecule has 2 heterocycles. The van der Waals surface area contributed by atoms with Gasteiger partial charge in [0.25, 0.3) is 0 Å². The number of amides is 1. The fourth-order valence-corrected chi connectivity index (χ4v) is 4.96. The highest BCUT2D eigenvalue weighted by Gasteiger charge is 2.44. The quantitative estimate of drug-likeness (QED) is 0.423. The fourth-order valence-electron chi connectivity index (χ4n) is 4.34. The van der Waals surface area contributed by atoms with E-state index in [-0.39, 0.29) is 35.6 Å². The van der Waals surface area contributed by atoms with E-state index in [4.69, 9.17) is 34.8 Å². The molecule has 2 atom stereocenters. The lowest BCUT2D eigenvalue weighted by Crippen LogP contribution is -3.00. The molecule has 2 unspecified atom stereocenters.